The zero-order valence-corrected chi connectivity index (χ0v) is 9.22. The number of rotatable bonds is 6. The Hall–Kier alpha value is -1.46. The summed E-state index contributed by atoms with van der Waals surface area (Å²) < 4.78 is 34.5. The largest absolute Gasteiger partial charge is 0.469 e. The molecule has 0 N–H and O–H groups in total. The van der Waals surface area contributed by atoms with E-state index in [0.29, 0.717) is 0 Å². The molecule has 0 aromatic heterocycles. The molecule has 0 amide bonds. The molecule has 4 nitrogen and oxygen atoms in total. The van der Waals surface area contributed by atoms with Gasteiger partial charge < -0.3 is 9.47 Å². The van der Waals surface area contributed by atoms with Crippen LogP contribution in [0.25, 0.3) is 0 Å². The highest BCUT2D eigenvalue weighted by Crippen LogP contribution is 2.16. The summed E-state index contributed by atoms with van der Waals surface area (Å²) in [6.45, 7) is 1.46. The zero-order chi connectivity index (χ0) is 12.6. The summed E-state index contributed by atoms with van der Waals surface area (Å²) in [5, 5.41) is 0. The van der Waals surface area contributed by atoms with Crippen molar-refractivity contribution in [1.29, 1.82) is 0 Å². The van der Waals surface area contributed by atoms with Gasteiger partial charge >= 0.3 is 11.9 Å². The molecule has 92 valence electrons. The highest BCUT2D eigenvalue weighted by atomic mass is 19.2. The van der Waals surface area contributed by atoms with Gasteiger partial charge in [0.05, 0.1) is 13.7 Å². The number of hydrogen-bond donors (Lipinski definition) is 0. The van der Waals surface area contributed by atoms with Crippen LogP contribution in [0.1, 0.15) is 26.2 Å². The SMILES string of the molecule is CCOC(=O)/C(F)=C(/F)CCCC(=O)OC. The van der Waals surface area contributed by atoms with Crippen LogP contribution in [-0.2, 0) is 19.1 Å². The van der Waals surface area contributed by atoms with E-state index in [1.54, 1.807) is 0 Å². The van der Waals surface area contributed by atoms with Crippen molar-refractivity contribution < 1.29 is 27.8 Å². The lowest BCUT2D eigenvalue weighted by atomic mass is 10.2. The Morgan fingerprint density at radius 3 is 2.31 bits per heavy atom. The lowest BCUT2D eigenvalue weighted by molar-refractivity contribution is -0.141. The minimum atomic E-state index is -1.54. The van der Waals surface area contributed by atoms with Crippen molar-refractivity contribution in [1.82, 2.24) is 0 Å². The van der Waals surface area contributed by atoms with Crippen molar-refractivity contribution in [2.75, 3.05) is 13.7 Å². The number of carbonyl (C=O) groups excluding carboxylic acids is 2. The van der Waals surface area contributed by atoms with Gasteiger partial charge in [-0.2, -0.15) is 4.39 Å². The second-order valence-electron chi connectivity index (χ2n) is 2.87. The quantitative estimate of drug-likeness (QED) is 0.523. The van der Waals surface area contributed by atoms with Crippen molar-refractivity contribution in [2.45, 2.75) is 26.2 Å². The summed E-state index contributed by atoms with van der Waals surface area (Å²) in [4.78, 5) is 21.4. The minimum Gasteiger partial charge on any atom is -0.469 e. The third-order valence-corrected chi connectivity index (χ3v) is 1.70. The first kappa shape index (κ1) is 14.5. The summed E-state index contributed by atoms with van der Waals surface area (Å²) >= 11 is 0. The normalized spacial score (nSPS) is 11.8. The average molecular weight is 236 g/mol. The molecule has 0 atom stereocenters. The summed E-state index contributed by atoms with van der Waals surface area (Å²) in [7, 11) is 1.20. The molecular weight excluding hydrogens is 222 g/mol. The van der Waals surface area contributed by atoms with Crippen LogP contribution in [0.15, 0.2) is 11.7 Å². The number of halogens is 2. The van der Waals surface area contributed by atoms with E-state index in [1.807, 2.05) is 0 Å². The predicted molar refractivity (Wildman–Crippen MR) is 51.7 cm³/mol. The van der Waals surface area contributed by atoms with E-state index in [0.717, 1.165) is 0 Å². The number of carbonyl (C=O) groups is 2. The van der Waals surface area contributed by atoms with E-state index in [9.17, 15) is 18.4 Å². The van der Waals surface area contributed by atoms with E-state index >= 15 is 0 Å². The smallest absolute Gasteiger partial charge is 0.369 e. The molecule has 0 aromatic carbocycles. The molecule has 0 saturated carbocycles. The van der Waals surface area contributed by atoms with E-state index < -0.39 is 23.6 Å². The van der Waals surface area contributed by atoms with Crippen molar-refractivity contribution >= 4 is 11.9 Å². The zero-order valence-electron chi connectivity index (χ0n) is 9.22. The van der Waals surface area contributed by atoms with Crippen molar-refractivity contribution in [3.63, 3.8) is 0 Å². The molecule has 0 fully saturated rings. The van der Waals surface area contributed by atoms with Gasteiger partial charge in [-0.1, -0.05) is 0 Å². The Morgan fingerprint density at radius 2 is 1.81 bits per heavy atom. The van der Waals surface area contributed by atoms with Crippen molar-refractivity contribution in [3.8, 4) is 0 Å². The number of ether oxygens (including phenoxy) is 2. The summed E-state index contributed by atoms with van der Waals surface area (Å²) in [6, 6.07) is 0. The number of esters is 2. The molecule has 0 radical (unpaired) electrons. The molecule has 0 unspecified atom stereocenters. The van der Waals surface area contributed by atoms with Gasteiger partial charge in [0.2, 0.25) is 5.83 Å². The fourth-order valence-electron chi connectivity index (χ4n) is 0.905. The highest BCUT2D eigenvalue weighted by Gasteiger charge is 2.16. The van der Waals surface area contributed by atoms with Gasteiger partial charge in [0, 0.05) is 12.8 Å². The van der Waals surface area contributed by atoms with E-state index in [1.165, 1.54) is 14.0 Å². The molecular formula is C10H14F2O4. The lowest BCUT2D eigenvalue weighted by Gasteiger charge is -2.01. The lowest BCUT2D eigenvalue weighted by Crippen LogP contribution is -2.06. The van der Waals surface area contributed by atoms with Gasteiger partial charge in [0.1, 0.15) is 5.83 Å². The van der Waals surface area contributed by atoms with Gasteiger partial charge in [-0.3, -0.25) is 4.79 Å². The van der Waals surface area contributed by atoms with Gasteiger partial charge in [-0.25, -0.2) is 9.18 Å². The van der Waals surface area contributed by atoms with Crippen LogP contribution in [0.4, 0.5) is 8.78 Å². The molecule has 16 heavy (non-hydrogen) atoms. The Labute approximate surface area is 92.2 Å². The molecule has 0 aliphatic carbocycles. The number of allylic oxidation sites excluding steroid dienone is 1. The van der Waals surface area contributed by atoms with Crippen LogP contribution in [0.2, 0.25) is 0 Å². The van der Waals surface area contributed by atoms with Crippen LogP contribution < -0.4 is 0 Å². The average Bonchev–Trinajstić information content (AvgIpc) is 2.27. The highest BCUT2D eigenvalue weighted by molar-refractivity contribution is 5.86. The summed E-state index contributed by atoms with van der Waals surface area (Å²) in [5.41, 5.74) is 0. The van der Waals surface area contributed by atoms with Crippen LogP contribution in [0.3, 0.4) is 0 Å². The topological polar surface area (TPSA) is 52.6 Å². The standard InChI is InChI=1S/C10H14F2O4/c1-3-16-10(14)9(12)7(11)5-4-6-8(13)15-2/h3-6H2,1-2H3/b9-7-. The number of methoxy groups -OCH3 is 1. The third-order valence-electron chi connectivity index (χ3n) is 1.70. The Balaban J connectivity index is 4.11. The van der Waals surface area contributed by atoms with Crippen molar-refractivity contribution in [3.05, 3.63) is 11.7 Å². The van der Waals surface area contributed by atoms with Gasteiger partial charge in [0.15, 0.2) is 0 Å². The molecule has 6 heteroatoms. The first-order valence-electron chi connectivity index (χ1n) is 4.81. The first-order valence-corrected chi connectivity index (χ1v) is 4.81. The second kappa shape index (κ2) is 7.78. The Morgan fingerprint density at radius 1 is 1.19 bits per heavy atom. The molecule has 0 aliphatic heterocycles. The molecule has 0 spiro atoms. The van der Waals surface area contributed by atoms with Crippen LogP contribution in [0, 0.1) is 0 Å². The monoisotopic (exact) mass is 236 g/mol. The third kappa shape index (κ3) is 5.43. The predicted octanol–water partition coefficient (Wildman–Crippen LogP) is 2.04. The van der Waals surface area contributed by atoms with Gasteiger partial charge in [-0.05, 0) is 13.3 Å². The minimum absolute atomic E-state index is 0.0261. The molecule has 0 aliphatic rings. The maximum atomic E-state index is 13.0. The maximum Gasteiger partial charge on any atom is 0.369 e. The summed E-state index contributed by atoms with van der Waals surface area (Å²) in [5.74, 6) is -4.57. The fourth-order valence-corrected chi connectivity index (χ4v) is 0.905. The van der Waals surface area contributed by atoms with E-state index in [2.05, 4.69) is 9.47 Å². The second-order valence-corrected chi connectivity index (χ2v) is 2.87. The fraction of sp³-hybridized carbons (Fsp3) is 0.600. The molecule has 0 saturated heterocycles. The first-order chi connectivity index (χ1) is 7.52. The Kier molecular flexibility index (Phi) is 7.07. The van der Waals surface area contributed by atoms with Gasteiger partial charge in [0.25, 0.3) is 0 Å². The molecule has 0 bridgehead atoms. The van der Waals surface area contributed by atoms with Crippen molar-refractivity contribution in [2.24, 2.45) is 0 Å². The van der Waals surface area contributed by atoms with Crippen LogP contribution >= 0.6 is 0 Å². The number of hydrogen-bond acceptors (Lipinski definition) is 4. The molecule has 0 aromatic rings. The van der Waals surface area contributed by atoms with E-state index in [-0.39, 0.29) is 25.9 Å². The van der Waals surface area contributed by atoms with Gasteiger partial charge in [-0.15, -0.1) is 0 Å². The van der Waals surface area contributed by atoms with Crippen LogP contribution in [0.5, 0.6) is 0 Å². The Bertz CT molecular complexity index is 287. The molecule has 0 rings (SSSR count). The summed E-state index contributed by atoms with van der Waals surface area (Å²) in [6.07, 6.45) is -0.287. The van der Waals surface area contributed by atoms with Crippen LogP contribution in [-0.4, -0.2) is 25.7 Å². The maximum absolute atomic E-state index is 13.0. The van der Waals surface area contributed by atoms with E-state index in [4.69, 9.17) is 0 Å². The molecule has 0 heterocycles.